The molecule has 0 heterocycles. The summed E-state index contributed by atoms with van der Waals surface area (Å²) >= 11 is 0. The van der Waals surface area contributed by atoms with E-state index in [-0.39, 0.29) is 16.4 Å². The molecule has 0 atom stereocenters. The highest BCUT2D eigenvalue weighted by Gasteiger charge is 2.19. The number of amides is 1. The second kappa shape index (κ2) is 12.6. The molecule has 0 bridgehead atoms. The van der Waals surface area contributed by atoms with Crippen molar-refractivity contribution >= 4 is 22.2 Å². The first-order chi connectivity index (χ1) is 18.9. The first kappa shape index (κ1) is 27.2. The fourth-order valence-electron chi connectivity index (χ4n) is 3.48. The number of nitrogens with one attached hydrogen (secondary N) is 1. The molecule has 4 aromatic rings. The molecule has 0 aliphatic rings. The van der Waals surface area contributed by atoms with Gasteiger partial charge >= 0.3 is 10.1 Å². The highest BCUT2D eigenvalue weighted by molar-refractivity contribution is 7.87. The van der Waals surface area contributed by atoms with E-state index >= 15 is 0 Å². The summed E-state index contributed by atoms with van der Waals surface area (Å²) in [4.78, 5) is 12.7. The van der Waals surface area contributed by atoms with Gasteiger partial charge in [0.25, 0.3) is 5.91 Å². The maximum atomic E-state index is 12.6. The molecule has 39 heavy (non-hydrogen) atoms. The van der Waals surface area contributed by atoms with Crippen molar-refractivity contribution in [1.82, 2.24) is 5.43 Å². The van der Waals surface area contributed by atoms with Crippen LogP contribution >= 0.6 is 0 Å². The Balaban J connectivity index is 1.40. The summed E-state index contributed by atoms with van der Waals surface area (Å²) in [6.07, 6.45) is 1.39. The molecule has 1 N–H and O–H groups in total. The molecule has 10 heteroatoms. The minimum Gasteiger partial charge on any atom is -0.493 e. The van der Waals surface area contributed by atoms with E-state index in [1.54, 1.807) is 42.5 Å². The van der Waals surface area contributed by atoms with Crippen molar-refractivity contribution in [3.63, 3.8) is 0 Å². The Hall–Kier alpha value is -4.83. The molecule has 0 unspecified atom stereocenters. The third-order valence-corrected chi connectivity index (χ3v) is 6.71. The summed E-state index contributed by atoms with van der Waals surface area (Å²) in [6.45, 7) is 0.360. The average Bonchev–Trinajstić information content (AvgIpc) is 2.97. The van der Waals surface area contributed by atoms with Gasteiger partial charge in [0, 0.05) is 5.56 Å². The van der Waals surface area contributed by atoms with Crippen LogP contribution in [0.15, 0.2) is 107 Å². The van der Waals surface area contributed by atoms with Crippen molar-refractivity contribution in [1.29, 1.82) is 0 Å². The maximum absolute atomic E-state index is 12.6. The van der Waals surface area contributed by atoms with Crippen LogP contribution < -0.4 is 23.8 Å². The number of benzene rings is 4. The second-order valence-electron chi connectivity index (χ2n) is 8.10. The Labute approximate surface area is 226 Å². The van der Waals surface area contributed by atoms with E-state index in [9.17, 15) is 13.2 Å². The number of carbonyl (C=O) groups excluding carboxylic acids is 1. The fourth-order valence-corrected chi connectivity index (χ4v) is 4.44. The highest BCUT2D eigenvalue weighted by Crippen LogP contribution is 2.31. The van der Waals surface area contributed by atoms with Crippen LogP contribution in [-0.4, -0.2) is 34.8 Å². The van der Waals surface area contributed by atoms with Crippen LogP contribution in [0.3, 0.4) is 0 Å². The molecule has 0 saturated carbocycles. The predicted octanol–water partition coefficient (Wildman–Crippen LogP) is 4.81. The largest absolute Gasteiger partial charge is 0.493 e. The molecule has 4 aromatic carbocycles. The van der Waals surface area contributed by atoms with Gasteiger partial charge in [0.1, 0.15) is 11.5 Å². The van der Waals surface area contributed by atoms with Crippen molar-refractivity contribution < 1.29 is 31.6 Å². The molecule has 0 fully saturated rings. The Kier molecular flexibility index (Phi) is 8.80. The molecular weight excluding hydrogens is 520 g/mol. The number of methoxy groups -OCH3 is 2. The van der Waals surface area contributed by atoms with Crippen molar-refractivity contribution in [3.05, 3.63) is 114 Å². The van der Waals surface area contributed by atoms with Gasteiger partial charge in [-0.1, -0.05) is 48.5 Å². The first-order valence-electron chi connectivity index (χ1n) is 11.8. The molecule has 4 rings (SSSR count). The SMILES string of the molecule is COc1cc(C(=O)N/N=C/c2ccc(OS(=O)(=O)c3ccccc3)c(OC)c2)ccc1OCc1ccccc1. The van der Waals surface area contributed by atoms with E-state index in [4.69, 9.17) is 18.4 Å². The minimum absolute atomic E-state index is 0.0178. The molecule has 0 spiro atoms. The Morgan fingerprint density at radius 3 is 2.13 bits per heavy atom. The fraction of sp³-hybridized carbons (Fsp3) is 0.103. The van der Waals surface area contributed by atoms with Crippen LogP contribution in [0.2, 0.25) is 0 Å². The van der Waals surface area contributed by atoms with Crippen molar-refractivity contribution in [2.75, 3.05) is 14.2 Å². The molecular formula is C29H26N2O7S. The quantitative estimate of drug-likeness (QED) is 0.163. The van der Waals surface area contributed by atoms with Gasteiger partial charge in [0.15, 0.2) is 23.0 Å². The topological polar surface area (TPSA) is 113 Å². The Morgan fingerprint density at radius 1 is 0.795 bits per heavy atom. The molecule has 9 nitrogen and oxygen atoms in total. The van der Waals surface area contributed by atoms with Crippen LogP contribution in [0.1, 0.15) is 21.5 Å². The molecule has 1 amide bonds. The van der Waals surface area contributed by atoms with Gasteiger partial charge < -0.3 is 18.4 Å². The molecule has 0 saturated heterocycles. The van der Waals surface area contributed by atoms with Gasteiger partial charge in [-0.15, -0.1) is 0 Å². The smallest absolute Gasteiger partial charge is 0.339 e. The lowest BCUT2D eigenvalue weighted by Gasteiger charge is -2.12. The average molecular weight is 547 g/mol. The summed E-state index contributed by atoms with van der Waals surface area (Å²) < 4.78 is 46.8. The molecule has 0 aliphatic carbocycles. The van der Waals surface area contributed by atoms with Crippen molar-refractivity contribution in [2.24, 2.45) is 5.10 Å². The summed E-state index contributed by atoms with van der Waals surface area (Å²) in [5.41, 5.74) is 4.32. The van der Waals surface area contributed by atoms with Gasteiger partial charge in [-0.2, -0.15) is 13.5 Å². The molecule has 0 radical (unpaired) electrons. The van der Waals surface area contributed by atoms with E-state index in [2.05, 4.69) is 10.5 Å². The van der Waals surface area contributed by atoms with E-state index in [0.717, 1.165) is 5.56 Å². The van der Waals surface area contributed by atoms with E-state index in [1.807, 2.05) is 30.3 Å². The zero-order chi connectivity index (χ0) is 27.7. The van der Waals surface area contributed by atoms with Gasteiger partial charge in [-0.05, 0) is 59.7 Å². The van der Waals surface area contributed by atoms with Crippen molar-refractivity contribution in [2.45, 2.75) is 11.5 Å². The number of hydrazone groups is 1. The Morgan fingerprint density at radius 2 is 1.44 bits per heavy atom. The summed E-state index contributed by atoms with van der Waals surface area (Å²) in [7, 11) is -1.15. The molecule has 200 valence electrons. The lowest BCUT2D eigenvalue weighted by atomic mass is 10.2. The van der Waals surface area contributed by atoms with E-state index in [0.29, 0.717) is 29.2 Å². The molecule has 0 aliphatic heterocycles. The minimum atomic E-state index is -4.03. The Bertz CT molecular complexity index is 1560. The van der Waals surface area contributed by atoms with Crippen LogP contribution in [0.4, 0.5) is 0 Å². The number of hydrogen-bond acceptors (Lipinski definition) is 8. The van der Waals surface area contributed by atoms with Crippen LogP contribution in [0.25, 0.3) is 0 Å². The predicted molar refractivity (Wildman–Crippen MR) is 146 cm³/mol. The van der Waals surface area contributed by atoms with E-state index in [1.165, 1.54) is 44.7 Å². The number of nitrogens with zero attached hydrogens (tertiary/aromatic N) is 1. The third-order valence-electron chi connectivity index (χ3n) is 5.46. The van der Waals surface area contributed by atoms with Crippen LogP contribution in [0.5, 0.6) is 23.0 Å². The van der Waals surface area contributed by atoms with Crippen LogP contribution in [0, 0.1) is 0 Å². The lowest BCUT2D eigenvalue weighted by molar-refractivity contribution is 0.0954. The normalized spacial score (nSPS) is 11.1. The number of rotatable bonds is 11. The number of ether oxygens (including phenoxy) is 3. The standard InChI is InChI=1S/C29H26N2O7S/c1-35-27-17-22(13-15-26(27)38-39(33,34)24-11-7-4-8-12-24)19-30-31-29(32)23-14-16-25(28(18-23)36-2)37-20-21-9-5-3-6-10-21/h3-19H,20H2,1-2H3,(H,31,32)/b30-19+. The molecule has 0 aromatic heterocycles. The monoisotopic (exact) mass is 546 g/mol. The summed E-state index contributed by atoms with van der Waals surface area (Å²) in [5.74, 6) is 0.656. The number of carbonyl (C=O) groups is 1. The zero-order valence-electron chi connectivity index (χ0n) is 21.2. The third kappa shape index (κ3) is 7.14. The zero-order valence-corrected chi connectivity index (χ0v) is 22.1. The second-order valence-corrected chi connectivity index (χ2v) is 9.65. The van der Waals surface area contributed by atoms with Gasteiger partial charge in [-0.25, -0.2) is 5.43 Å². The van der Waals surface area contributed by atoms with Crippen LogP contribution in [-0.2, 0) is 16.7 Å². The van der Waals surface area contributed by atoms with Gasteiger partial charge in [-0.3, -0.25) is 4.79 Å². The summed E-state index contributed by atoms with van der Waals surface area (Å²) in [6, 6.07) is 26.9. The lowest BCUT2D eigenvalue weighted by Crippen LogP contribution is -2.17. The van der Waals surface area contributed by atoms with Gasteiger partial charge in [0.05, 0.1) is 20.4 Å². The van der Waals surface area contributed by atoms with Crippen molar-refractivity contribution in [3.8, 4) is 23.0 Å². The first-order valence-corrected chi connectivity index (χ1v) is 13.2. The maximum Gasteiger partial charge on any atom is 0.339 e. The number of hydrogen-bond donors (Lipinski definition) is 1. The van der Waals surface area contributed by atoms with E-state index < -0.39 is 16.0 Å². The highest BCUT2D eigenvalue weighted by atomic mass is 32.2. The summed E-state index contributed by atoms with van der Waals surface area (Å²) in [5, 5.41) is 3.99. The van der Waals surface area contributed by atoms with Gasteiger partial charge in [0.2, 0.25) is 0 Å².